The van der Waals surface area contributed by atoms with E-state index in [1.165, 1.54) is 4.31 Å². The molecule has 146 valence electrons. The van der Waals surface area contributed by atoms with Crippen LogP contribution in [0.5, 0.6) is 0 Å². The van der Waals surface area contributed by atoms with Gasteiger partial charge in [0.25, 0.3) is 17.2 Å². The summed E-state index contributed by atoms with van der Waals surface area (Å²) >= 11 is -2.28. The van der Waals surface area contributed by atoms with Crippen molar-refractivity contribution in [3.8, 4) is 0 Å². The van der Waals surface area contributed by atoms with E-state index in [1.54, 1.807) is 41.2 Å². The van der Waals surface area contributed by atoms with Gasteiger partial charge in [0.15, 0.2) is 0 Å². The van der Waals surface area contributed by atoms with Gasteiger partial charge in [0.2, 0.25) is 0 Å². The van der Waals surface area contributed by atoms with Crippen molar-refractivity contribution in [1.29, 1.82) is 0 Å². The average Bonchev–Trinajstić information content (AvgIpc) is 3.06. The number of carbonyl (C=O) groups excluding carboxylic acids is 1. The third-order valence-corrected chi connectivity index (χ3v) is 4.93. The van der Waals surface area contributed by atoms with Crippen LogP contribution in [-0.2, 0) is 24.9 Å². The van der Waals surface area contributed by atoms with Gasteiger partial charge in [-0.2, -0.15) is 5.10 Å². The van der Waals surface area contributed by atoms with E-state index in [0.29, 0.717) is 23.5 Å². The molecule has 2 aromatic carbocycles. The molecule has 7 nitrogen and oxygen atoms in total. The van der Waals surface area contributed by atoms with Gasteiger partial charge in [-0.3, -0.25) is 14.0 Å². The van der Waals surface area contributed by atoms with Crippen LogP contribution in [0.25, 0.3) is 0 Å². The molecule has 0 fully saturated rings. The summed E-state index contributed by atoms with van der Waals surface area (Å²) in [5.74, 6) is -0.263. The fourth-order valence-electron chi connectivity index (χ4n) is 2.87. The monoisotopic (exact) mass is 398 g/mol. The highest BCUT2D eigenvalue weighted by molar-refractivity contribution is 7.81. The maximum absolute atomic E-state index is 12.6. The number of nitrogens with zero attached hydrogens (tertiary/aromatic N) is 3. The van der Waals surface area contributed by atoms with Crippen LogP contribution >= 0.6 is 0 Å². The van der Waals surface area contributed by atoms with Gasteiger partial charge in [-0.05, 0) is 49.7 Å². The van der Waals surface area contributed by atoms with Gasteiger partial charge in [-0.15, -0.1) is 0 Å². The van der Waals surface area contributed by atoms with Gasteiger partial charge in [0.1, 0.15) is 0 Å². The molecule has 1 heterocycles. The van der Waals surface area contributed by atoms with Crippen LogP contribution in [0.1, 0.15) is 27.0 Å². The molecule has 0 aliphatic carbocycles. The standard InChI is InChI=1S/C20H22N4O3S/c1-14-4-6-18(7-5-14)24(28(26)27)19-9-15(2)8-17(10-19)20(25)21-11-16-12-22-23(3)13-16/h4-10,12-13H,11H2,1-3H3,(H,21,25)(H,26,27). The van der Waals surface area contributed by atoms with E-state index in [2.05, 4.69) is 10.4 Å². The molecule has 0 spiro atoms. The van der Waals surface area contributed by atoms with Crippen LogP contribution in [0.15, 0.2) is 54.9 Å². The number of hydrogen-bond acceptors (Lipinski definition) is 3. The molecule has 3 aromatic rings. The number of rotatable bonds is 6. The zero-order chi connectivity index (χ0) is 20.3. The number of carbonyl (C=O) groups is 1. The number of benzene rings is 2. The van der Waals surface area contributed by atoms with Crippen molar-refractivity contribution in [2.75, 3.05) is 4.31 Å². The van der Waals surface area contributed by atoms with Crippen LogP contribution in [0.3, 0.4) is 0 Å². The minimum Gasteiger partial charge on any atom is -0.348 e. The predicted molar refractivity (Wildman–Crippen MR) is 110 cm³/mol. The lowest BCUT2D eigenvalue weighted by molar-refractivity contribution is 0.0951. The Labute approximate surface area is 166 Å². The number of anilines is 2. The summed E-state index contributed by atoms with van der Waals surface area (Å²) in [4.78, 5) is 12.6. The Balaban J connectivity index is 1.87. The quantitative estimate of drug-likeness (QED) is 0.624. The second kappa shape index (κ2) is 8.37. The summed E-state index contributed by atoms with van der Waals surface area (Å²) in [7, 11) is 1.81. The Hall–Kier alpha value is -2.97. The molecule has 3 rings (SSSR count). The lowest BCUT2D eigenvalue weighted by Crippen LogP contribution is -2.24. The largest absolute Gasteiger partial charge is 0.348 e. The van der Waals surface area contributed by atoms with E-state index in [9.17, 15) is 13.6 Å². The fourth-order valence-corrected chi connectivity index (χ4v) is 3.46. The van der Waals surface area contributed by atoms with Crippen molar-refractivity contribution in [1.82, 2.24) is 15.1 Å². The lowest BCUT2D eigenvalue weighted by Gasteiger charge is -2.21. The second-order valence-electron chi connectivity index (χ2n) is 6.62. The van der Waals surface area contributed by atoms with E-state index < -0.39 is 11.3 Å². The van der Waals surface area contributed by atoms with Crippen LogP contribution in [0, 0.1) is 13.8 Å². The summed E-state index contributed by atoms with van der Waals surface area (Å²) in [5, 5.41) is 6.92. The zero-order valence-electron chi connectivity index (χ0n) is 15.9. The number of aromatic nitrogens is 2. The molecule has 0 saturated heterocycles. The number of aryl methyl sites for hydroxylation is 3. The molecular formula is C20H22N4O3S. The highest BCUT2D eigenvalue weighted by Crippen LogP contribution is 2.29. The van der Waals surface area contributed by atoms with Gasteiger partial charge in [-0.1, -0.05) is 17.7 Å². The van der Waals surface area contributed by atoms with Gasteiger partial charge >= 0.3 is 0 Å². The first-order chi connectivity index (χ1) is 13.3. The maximum atomic E-state index is 12.6. The van der Waals surface area contributed by atoms with Crippen molar-refractivity contribution in [3.05, 3.63) is 77.1 Å². The van der Waals surface area contributed by atoms with Crippen molar-refractivity contribution in [3.63, 3.8) is 0 Å². The van der Waals surface area contributed by atoms with Gasteiger partial charge < -0.3 is 5.32 Å². The first kappa shape index (κ1) is 19.8. The summed E-state index contributed by atoms with van der Waals surface area (Å²) < 4.78 is 24.8. The number of amides is 1. The Bertz CT molecular complexity index is 1010. The fraction of sp³-hybridized carbons (Fsp3) is 0.200. The Morgan fingerprint density at radius 1 is 1.14 bits per heavy atom. The van der Waals surface area contributed by atoms with Crippen molar-refractivity contribution in [2.45, 2.75) is 20.4 Å². The molecule has 0 aliphatic rings. The van der Waals surface area contributed by atoms with E-state index in [0.717, 1.165) is 16.7 Å². The highest BCUT2D eigenvalue weighted by Gasteiger charge is 2.18. The van der Waals surface area contributed by atoms with E-state index in [4.69, 9.17) is 0 Å². The van der Waals surface area contributed by atoms with Crippen LogP contribution in [-0.4, -0.2) is 24.4 Å². The third-order valence-electron chi connectivity index (χ3n) is 4.19. The molecule has 28 heavy (non-hydrogen) atoms. The maximum Gasteiger partial charge on any atom is 0.266 e. The first-order valence-corrected chi connectivity index (χ1v) is 9.75. The molecule has 0 aliphatic heterocycles. The van der Waals surface area contributed by atoms with Crippen molar-refractivity contribution < 1.29 is 13.6 Å². The Morgan fingerprint density at radius 2 is 1.86 bits per heavy atom. The summed E-state index contributed by atoms with van der Waals surface area (Å²) in [6, 6.07) is 12.4. The normalized spacial score (nSPS) is 11.9. The molecule has 0 bridgehead atoms. The van der Waals surface area contributed by atoms with Crippen LogP contribution in [0.2, 0.25) is 0 Å². The summed E-state index contributed by atoms with van der Waals surface area (Å²) in [5.41, 5.74) is 4.21. The van der Waals surface area contributed by atoms with Crippen molar-refractivity contribution >= 4 is 28.5 Å². The van der Waals surface area contributed by atoms with Crippen molar-refractivity contribution in [2.24, 2.45) is 7.05 Å². The van der Waals surface area contributed by atoms with E-state index in [1.807, 2.05) is 39.2 Å². The zero-order valence-corrected chi connectivity index (χ0v) is 16.7. The van der Waals surface area contributed by atoms with Gasteiger partial charge in [-0.25, -0.2) is 8.51 Å². The minimum absolute atomic E-state index is 0.263. The predicted octanol–water partition coefficient (Wildman–Crippen LogP) is 3.24. The molecule has 1 amide bonds. The molecular weight excluding hydrogens is 376 g/mol. The first-order valence-electron chi connectivity index (χ1n) is 8.68. The smallest absolute Gasteiger partial charge is 0.266 e. The molecule has 1 atom stereocenters. The van der Waals surface area contributed by atoms with Crippen LogP contribution < -0.4 is 9.62 Å². The Morgan fingerprint density at radius 3 is 2.46 bits per heavy atom. The number of hydrogen-bond donors (Lipinski definition) is 2. The highest BCUT2D eigenvalue weighted by atomic mass is 32.2. The molecule has 0 radical (unpaired) electrons. The van der Waals surface area contributed by atoms with Gasteiger partial charge in [0.05, 0.1) is 17.6 Å². The molecule has 1 unspecified atom stereocenters. The van der Waals surface area contributed by atoms with Gasteiger partial charge in [0, 0.05) is 30.9 Å². The lowest BCUT2D eigenvalue weighted by atomic mass is 10.1. The second-order valence-corrected chi connectivity index (χ2v) is 7.45. The Kier molecular flexibility index (Phi) is 5.91. The third kappa shape index (κ3) is 4.65. The molecule has 1 aromatic heterocycles. The van der Waals surface area contributed by atoms with Crippen LogP contribution in [0.4, 0.5) is 11.4 Å². The molecule has 2 N–H and O–H groups in total. The average molecular weight is 398 g/mol. The topological polar surface area (TPSA) is 87.5 Å². The molecule has 8 heteroatoms. The summed E-state index contributed by atoms with van der Waals surface area (Å²) in [6.07, 6.45) is 3.52. The SMILES string of the molecule is Cc1ccc(N(c2cc(C)cc(C(=O)NCc3cnn(C)c3)c2)S(=O)O)cc1. The summed E-state index contributed by atoms with van der Waals surface area (Å²) in [6.45, 7) is 4.14. The van der Waals surface area contributed by atoms with E-state index in [-0.39, 0.29) is 5.91 Å². The van der Waals surface area contributed by atoms with E-state index >= 15 is 0 Å². The number of nitrogens with one attached hydrogen (secondary N) is 1. The minimum atomic E-state index is -2.28. The molecule has 0 saturated carbocycles.